The molecule has 0 bridgehead atoms. The summed E-state index contributed by atoms with van der Waals surface area (Å²) in [4.78, 5) is 4.06. The number of nitrogens with zero attached hydrogens (tertiary/aromatic N) is 1. The van der Waals surface area contributed by atoms with Gasteiger partial charge in [0.1, 0.15) is 0 Å². The van der Waals surface area contributed by atoms with Crippen molar-refractivity contribution in [1.29, 1.82) is 0 Å². The summed E-state index contributed by atoms with van der Waals surface area (Å²) in [6, 6.07) is 4.05. The lowest BCUT2D eigenvalue weighted by molar-refractivity contribution is 0.675. The number of rotatable bonds is 6. The van der Waals surface area contributed by atoms with Crippen LogP contribution in [0.4, 0.5) is 0 Å². The lowest BCUT2D eigenvalue weighted by Gasteiger charge is -1.94. The second kappa shape index (κ2) is 7.31. The Bertz CT molecular complexity index is 251. The van der Waals surface area contributed by atoms with Gasteiger partial charge in [-0.1, -0.05) is 44.4 Å². The molecule has 1 heterocycles. The second-order valence-electron chi connectivity index (χ2n) is 3.54. The summed E-state index contributed by atoms with van der Waals surface area (Å²) >= 11 is 0. The van der Waals surface area contributed by atoms with E-state index in [1.807, 2.05) is 12.3 Å². The molecule has 0 N–H and O–H groups in total. The highest BCUT2D eigenvalue weighted by atomic mass is 14.6. The van der Waals surface area contributed by atoms with E-state index in [1.165, 1.54) is 37.7 Å². The van der Waals surface area contributed by atoms with Crippen LogP contribution in [0.15, 0.2) is 30.6 Å². The van der Waals surface area contributed by atoms with Crippen LogP contribution in [-0.2, 0) is 0 Å². The number of hydrogen-bond donors (Lipinski definition) is 0. The number of aromatic nitrogens is 1. The van der Waals surface area contributed by atoms with Crippen molar-refractivity contribution in [3.63, 3.8) is 0 Å². The van der Waals surface area contributed by atoms with Crippen molar-refractivity contribution >= 4 is 6.08 Å². The number of allylic oxidation sites excluding steroid dienone is 1. The molecule has 0 atom stereocenters. The Kier molecular flexibility index (Phi) is 5.73. The van der Waals surface area contributed by atoms with Crippen LogP contribution in [0.3, 0.4) is 0 Å². The summed E-state index contributed by atoms with van der Waals surface area (Å²) in [6.45, 7) is 2.24. The first-order valence-electron chi connectivity index (χ1n) is 5.50. The quantitative estimate of drug-likeness (QED) is 0.615. The van der Waals surface area contributed by atoms with Crippen molar-refractivity contribution in [2.75, 3.05) is 0 Å². The van der Waals surface area contributed by atoms with E-state index >= 15 is 0 Å². The SMILES string of the molecule is CCCCCCC=Cc1cccnc1. The van der Waals surface area contributed by atoms with Crippen molar-refractivity contribution in [3.05, 3.63) is 36.2 Å². The van der Waals surface area contributed by atoms with Crippen molar-refractivity contribution in [2.24, 2.45) is 0 Å². The van der Waals surface area contributed by atoms with Crippen LogP contribution in [0.25, 0.3) is 6.08 Å². The molecule has 14 heavy (non-hydrogen) atoms. The van der Waals surface area contributed by atoms with Crippen molar-refractivity contribution in [3.8, 4) is 0 Å². The van der Waals surface area contributed by atoms with Gasteiger partial charge in [-0.05, 0) is 24.5 Å². The fourth-order valence-corrected chi connectivity index (χ4v) is 1.38. The van der Waals surface area contributed by atoms with Crippen LogP contribution in [0.2, 0.25) is 0 Å². The van der Waals surface area contributed by atoms with Gasteiger partial charge >= 0.3 is 0 Å². The van der Waals surface area contributed by atoms with Gasteiger partial charge in [0.2, 0.25) is 0 Å². The topological polar surface area (TPSA) is 12.9 Å². The molecule has 0 aromatic carbocycles. The smallest absolute Gasteiger partial charge is 0.0340 e. The molecule has 0 saturated carbocycles. The summed E-state index contributed by atoms with van der Waals surface area (Å²) in [5.41, 5.74) is 1.20. The van der Waals surface area contributed by atoms with Crippen LogP contribution >= 0.6 is 0 Å². The molecule has 76 valence electrons. The molecular formula is C13H19N. The molecule has 1 aromatic heterocycles. The molecule has 0 aliphatic rings. The summed E-state index contributed by atoms with van der Waals surface area (Å²) < 4.78 is 0. The molecule has 0 aliphatic heterocycles. The normalized spacial score (nSPS) is 10.9. The van der Waals surface area contributed by atoms with Gasteiger partial charge in [-0.2, -0.15) is 0 Å². The summed E-state index contributed by atoms with van der Waals surface area (Å²) in [5, 5.41) is 0. The van der Waals surface area contributed by atoms with Crippen molar-refractivity contribution < 1.29 is 0 Å². The minimum Gasteiger partial charge on any atom is -0.264 e. The Balaban J connectivity index is 2.15. The van der Waals surface area contributed by atoms with E-state index in [2.05, 4.69) is 30.1 Å². The molecule has 0 aliphatic carbocycles. The molecule has 0 spiro atoms. The summed E-state index contributed by atoms with van der Waals surface area (Å²) in [6.07, 6.45) is 14.6. The Hall–Kier alpha value is -1.11. The number of hydrogen-bond acceptors (Lipinski definition) is 1. The van der Waals surface area contributed by atoms with Gasteiger partial charge in [-0.3, -0.25) is 4.98 Å². The highest BCUT2D eigenvalue weighted by Gasteiger charge is 1.85. The standard InChI is InChI=1S/C13H19N/c1-2-3-4-5-6-7-9-13-10-8-11-14-12-13/h7-12H,2-6H2,1H3. The Labute approximate surface area is 86.9 Å². The molecule has 0 fully saturated rings. The highest BCUT2D eigenvalue weighted by molar-refractivity contribution is 5.46. The molecular weight excluding hydrogens is 170 g/mol. The molecule has 1 rings (SSSR count). The fourth-order valence-electron chi connectivity index (χ4n) is 1.38. The van der Waals surface area contributed by atoms with E-state index in [1.54, 1.807) is 6.20 Å². The van der Waals surface area contributed by atoms with Crippen LogP contribution in [-0.4, -0.2) is 4.98 Å². The predicted molar refractivity (Wildman–Crippen MR) is 62.0 cm³/mol. The zero-order valence-electron chi connectivity index (χ0n) is 8.95. The zero-order valence-corrected chi connectivity index (χ0v) is 8.95. The maximum Gasteiger partial charge on any atom is 0.0340 e. The van der Waals surface area contributed by atoms with Crippen LogP contribution in [0.5, 0.6) is 0 Å². The number of unbranched alkanes of at least 4 members (excludes halogenated alkanes) is 4. The van der Waals surface area contributed by atoms with Gasteiger partial charge in [0.05, 0.1) is 0 Å². The minimum absolute atomic E-state index is 1.19. The third-order valence-electron chi connectivity index (χ3n) is 2.22. The lowest BCUT2D eigenvalue weighted by Crippen LogP contribution is -1.75. The van der Waals surface area contributed by atoms with E-state index in [9.17, 15) is 0 Å². The average Bonchev–Trinajstić information content (AvgIpc) is 2.25. The highest BCUT2D eigenvalue weighted by Crippen LogP contribution is 2.05. The Morgan fingerprint density at radius 3 is 2.93 bits per heavy atom. The van der Waals surface area contributed by atoms with Crippen LogP contribution in [0.1, 0.15) is 44.6 Å². The third-order valence-corrected chi connectivity index (χ3v) is 2.22. The fraction of sp³-hybridized carbons (Fsp3) is 0.462. The first-order valence-corrected chi connectivity index (χ1v) is 5.50. The molecule has 0 saturated heterocycles. The van der Waals surface area contributed by atoms with E-state index < -0.39 is 0 Å². The van der Waals surface area contributed by atoms with Gasteiger partial charge < -0.3 is 0 Å². The monoisotopic (exact) mass is 189 g/mol. The average molecular weight is 189 g/mol. The van der Waals surface area contributed by atoms with Crippen LogP contribution in [0, 0.1) is 0 Å². The van der Waals surface area contributed by atoms with Gasteiger partial charge in [0.15, 0.2) is 0 Å². The Morgan fingerprint density at radius 1 is 1.29 bits per heavy atom. The van der Waals surface area contributed by atoms with Gasteiger partial charge in [0, 0.05) is 12.4 Å². The van der Waals surface area contributed by atoms with Gasteiger partial charge in [-0.25, -0.2) is 0 Å². The minimum atomic E-state index is 1.19. The van der Waals surface area contributed by atoms with Gasteiger partial charge in [-0.15, -0.1) is 0 Å². The van der Waals surface area contributed by atoms with Gasteiger partial charge in [0.25, 0.3) is 0 Å². The first-order chi connectivity index (χ1) is 6.93. The lowest BCUT2D eigenvalue weighted by atomic mass is 10.1. The third kappa shape index (κ3) is 4.80. The van der Waals surface area contributed by atoms with Crippen LogP contribution < -0.4 is 0 Å². The Morgan fingerprint density at radius 2 is 2.21 bits per heavy atom. The van der Waals surface area contributed by atoms with E-state index in [0.29, 0.717) is 0 Å². The van der Waals surface area contributed by atoms with E-state index in [-0.39, 0.29) is 0 Å². The number of pyridine rings is 1. The first kappa shape index (κ1) is 11.0. The van der Waals surface area contributed by atoms with Crippen molar-refractivity contribution in [1.82, 2.24) is 4.98 Å². The second-order valence-corrected chi connectivity index (χ2v) is 3.54. The maximum absolute atomic E-state index is 4.06. The van der Waals surface area contributed by atoms with E-state index in [0.717, 1.165) is 0 Å². The predicted octanol–water partition coefficient (Wildman–Crippen LogP) is 4.07. The largest absolute Gasteiger partial charge is 0.264 e. The molecule has 1 nitrogen and oxygen atoms in total. The zero-order chi connectivity index (χ0) is 10.1. The maximum atomic E-state index is 4.06. The molecule has 0 unspecified atom stereocenters. The molecule has 0 radical (unpaired) electrons. The summed E-state index contributed by atoms with van der Waals surface area (Å²) in [7, 11) is 0. The van der Waals surface area contributed by atoms with Crippen molar-refractivity contribution in [2.45, 2.75) is 39.0 Å². The molecule has 1 heteroatoms. The molecule has 0 amide bonds. The van der Waals surface area contributed by atoms with E-state index in [4.69, 9.17) is 0 Å². The summed E-state index contributed by atoms with van der Waals surface area (Å²) in [5.74, 6) is 0. The molecule has 1 aromatic rings.